The first-order chi connectivity index (χ1) is 5.83. The summed E-state index contributed by atoms with van der Waals surface area (Å²) in [5, 5.41) is 12.3. The van der Waals surface area contributed by atoms with Crippen LogP contribution in [0, 0.1) is 0 Å². The molecule has 62 valence electrons. The van der Waals surface area contributed by atoms with E-state index in [1.165, 1.54) is 5.06 Å². The number of hydroxylamine groups is 2. The van der Waals surface area contributed by atoms with Crippen LogP contribution >= 0.6 is 12.2 Å². The van der Waals surface area contributed by atoms with Gasteiger partial charge in [-0.3, -0.25) is 0 Å². The molecule has 0 radical (unpaired) electrons. The van der Waals surface area contributed by atoms with Crippen LogP contribution in [0.1, 0.15) is 17.2 Å². The minimum Gasteiger partial charge on any atom is -0.313 e. The summed E-state index contributed by atoms with van der Waals surface area (Å²) in [4.78, 5) is 0. The molecule has 0 aliphatic carbocycles. The van der Waals surface area contributed by atoms with Crippen LogP contribution in [0.2, 0.25) is 0 Å². The van der Waals surface area contributed by atoms with Crippen molar-refractivity contribution in [1.82, 2.24) is 5.06 Å². The second kappa shape index (κ2) is 2.94. The lowest BCUT2D eigenvalue weighted by Gasteiger charge is -2.12. The van der Waals surface area contributed by atoms with Gasteiger partial charge in [-0.2, -0.15) is 5.06 Å². The van der Waals surface area contributed by atoms with Gasteiger partial charge in [-0.15, -0.1) is 0 Å². The lowest BCUT2D eigenvalue weighted by molar-refractivity contribution is -0.105. The van der Waals surface area contributed by atoms with Crippen molar-refractivity contribution in [3.63, 3.8) is 0 Å². The Kier molecular flexibility index (Phi) is 1.92. The molecule has 1 aromatic rings. The van der Waals surface area contributed by atoms with Crippen LogP contribution in [0.15, 0.2) is 24.3 Å². The monoisotopic (exact) mass is 179 g/mol. The largest absolute Gasteiger partial charge is 0.313 e. The Morgan fingerprint density at radius 3 is 3.00 bits per heavy atom. The van der Waals surface area contributed by atoms with Crippen molar-refractivity contribution in [2.24, 2.45) is 0 Å². The molecule has 1 aromatic carbocycles. The molecule has 1 aliphatic rings. The standard InChI is InChI=1S/C9H9NOS/c11-10-5-7-3-1-2-4-8(7)9(10)6-12/h1-4,6,9,11H,5H2. The Labute approximate surface area is 76.4 Å². The van der Waals surface area contributed by atoms with E-state index in [1.807, 2.05) is 24.3 Å². The summed E-state index contributed by atoms with van der Waals surface area (Å²) in [6.07, 6.45) is 0. The Balaban J connectivity index is 2.47. The quantitative estimate of drug-likeness (QED) is 0.666. The predicted molar refractivity (Wildman–Crippen MR) is 50.2 cm³/mol. The molecule has 0 saturated carbocycles. The second-order valence-electron chi connectivity index (χ2n) is 2.88. The molecule has 0 aromatic heterocycles. The number of rotatable bonds is 1. The maximum atomic E-state index is 9.45. The Hall–Kier alpha value is -0.770. The van der Waals surface area contributed by atoms with E-state index in [1.54, 1.807) is 5.37 Å². The normalized spacial score (nSPS) is 22.2. The van der Waals surface area contributed by atoms with Crippen molar-refractivity contribution in [3.05, 3.63) is 35.4 Å². The fourth-order valence-electron chi connectivity index (χ4n) is 1.54. The lowest BCUT2D eigenvalue weighted by atomic mass is 10.1. The zero-order valence-electron chi connectivity index (χ0n) is 6.47. The van der Waals surface area contributed by atoms with Crippen molar-refractivity contribution in [2.45, 2.75) is 12.6 Å². The van der Waals surface area contributed by atoms with Crippen LogP contribution < -0.4 is 0 Å². The molecule has 1 aliphatic heterocycles. The molecule has 2 nitrogen and oxygen atoms in total. The highest BCUT2D eigenvalue weighted by atomic mass is 32.1. The first-order valence-electron chi connectivity index (χ1n) is 3.81. The highest BCUT2D eigenvalue weighted by Gasteiger charge is 2.26. The van der Waals surface area contributed by atoms with Gasteiger partial charge in [0.05, 0.1) is 12.6 Å². The Morgan fingerprint density at radius 2 is 2.25 bits per heavy atom. The van der Waals surface area contributed by atoms with E-state index in [0.29, 0.717) is 6.54 Å². The molecule has 3 heteroatoms. The van der Waals surface area contributed by atoms with E-state index < -0.39 is 0 Å². The Bertz CT molecular complexity index is 313. The average molecular weight is 179 g/mol. The first-order valence-corrected chi connectivity index (χ1v) is 4.28. The summed E-state index contributed by atoms with van der Waals surface area (Å²) in [5.41, 5.74) is 2.28. The van der Waals surface area contributed by atoms with Gasteiger partial charge in [0.25, 0.3) is 0 Å². The molecule has 0 fully saturated rings. The summed E-state index contributed by atoms with van der Waals surface area (Å²) >= 11 is 4.84. The summed E-state index contributed by atoms with van der Waals surface area (Å²) < 4.78 is 0. The molecular weight excluding hydrogens is 170 g/mol. The maximum Gasteiger partial charge on any atom is 0.0889 e. The van der Waals surface area contributed by atoms with Crippen LogP contribution in [0.25, 0.3) is 0 Å². The summed E-state index contributed by atoms with van der Waals surface area (Å²) in [6.45, 7) is 0.577. The minimum absolute atomic E-state index is 0.101. The third-order valence-corrected chi connectivity index (χ3v) is 2.41. The topological polar surface area (TPSA) is 23.5 Å². The van der Waals surface area contributed by atoms with Gasteiger partial charge in [0, 0.05) is 5.37 Å². The predicted octanol–water partition coefficient (Wildman–Crippen LogP) is 1.93. The van der Waals surface area contributed by atoms with Crippen LogP contribution in [0.4, 0.5) is 0 Å². The fraction of sp³-hybridized carbons (Fsp3) is 0.222. The fourth-order valence-corrected chi connectivity index (χ4v) is 1.83. The number of thiocarbonyl (C=S) groups is 1. The zero-order chi connectivity index (χ0) is 8.55. The molecule has 1 N–H and O–H groups in total. The number of nitrogens with zero attached hydrogens (tertiary/aromatic N) is 1. The molecule has 12 heavy (non-hydrogen) atoms. The molecule has 0 saturated heterocycles. The number of benzene rings is 1. The van der Waals surface area contributed by atoms with Gasteiger partial charge in [-0.05, 0) is 11.1 Å². The highest BCUT2D eigenvalue weighted by molar-refractivity contribution is 7.79. The van der Waals surface area contributed by atoms with Gasteiger partial charge < -0.3 is 5.21 Å². The molecule has 0 amide bonds. The molecule has 1 atom stereocenters. The number of fused-ring (bicyclic) bond motifs is 1. The van der Waals surface area contributed by atoms with E-state index in [9.17, 15) is 5.21 Å². The van der Waals surface area contributed by atoms with Crippen molar-refractivity contribution in [3.8, 4) is 0 Å². The van der Waals surface area contributed by atoms with E-state index in [4.69, 9.17) is 12.2 Å². The SMILES string of the molecule is ON1Cc2ccccc2C1C=S. The van der Waals surface area contributed by atoms with E-state index in [0.717, 1.165) is 11.1 Å². The maximum absolute atomic E-state index is 9.45. The van der Waals surface area contributed by atoms with Crippen molar-refractivity contribution in [1.29, 1.82) is 0 Å². The molecule has 1 unspecified atom stereocenters. The summed E-state index contributed by atoms with van der Waals surface area (Å²) in [5.74, 6) is 0. The average Bonchev–Trinajstić information content (AvgIpc) is 2.40. The van der Waals surface area contributed by atoms with Gasteiger partial charge in [0.2, 0.25) is 0 Å². The van der Waals surface area contributed by atoms with Gasteiger partial charge in [-0.1, -0.05) is 36.5 Å². The van der Waals surface area contributed by atoms with Crippen molar-refractivity contribution in [2.75, 3.05) is 0 Å². The van der Waals surface area contributed by atoms with Crippen LogP contribution in [0.5, 0.6) is 0 Å². The van der Waals surface area contributed by atoms with Gasteiger partial charge >= 0.3 is 0 Å². The van der Waals surface area contributed by atoms with E-state index in [2.05, 4.69) is 0 Å². The third kappa shape index (κ3) is 1.06. The molecule has 2 rings (SSSR count). The second-order valence-corrected chi connectivity index (χ2v) is 3.15. The smallest absolute Gasteiger partial charge is 0.0889 e. The van der Waals surface area contributed by atoms with Crippen molar-refractivity contribution < 1.29 is 5.21 Å². The molecular formula is C9H9NOS. The van der Waals surface area contributed by atoms with Gasteiger partial charge in [0.15, 0.2) is 0 Å². The lowest BCUT2D eigenvalue weighted by Crippen LogP contribution is -2.17. The van der Waals surface area contributed by atoms with Gasteiger partial charge in [-0.25, -0.2) is 0 Å². The van der Waals surface area contributed by atoms with E-state index in [-0.39, 0.29) is 6.04 Å². The van der Waals surface area contributed by atoms with Crippen LogP contribution in [-0.4, -0.2) is 15.6 Å². The summed E-state index contributed by atoms with van der Waals surface area (Å²) in [7, 11) is 0. The number of hydrogen-bond donors (Lipinski definition) is 1. The highest BCUT2D eigenvalue weighted by Crippen LogP contribution is 2.30. The molecule has 0 bridgehead atoms. The first kappa shape index (κ1) is 7.86. The Morgan fingerprint density at radius 1 is 1.50 bits per heavy atom. The molecule has 1 heterocycles. The summed E-state index contributed by atoms with van der Waals surface area (Å²) in [6, 6.07) is 7.84. The third-order valence-electron chi connectivity index (χ3n) is 2.16. The zero-order valence-corrected chi connectivity index (χ0v) is 7.29. The van der Waals surface area contributed by atoms with E-state index >= 15 is 0 Å². The van der Waals surface area contributed by atoms with Crippen molar-refractivity contribution >= 4 is 17.6 Å². The minimum atomic E-state index is -0.101. The number of hydrogen-bond acceptors (Lipinski definition) is 3. The van der Waals surface area contributed by atoms with Crippen LogP contribution in [0.3, 0.4) is 0 Å². The molecule has 0 spiro atoms. The van der Waals surface area contributed by atoms with Crippen LogP contribution in [-0.2, 0) is 6.54 Å². The van der Waals surface area contributed by atoms with Gasteiger partial charge in [0.1, 0.15) is 0 Å².